The van der Waals surface area contributed by atoms with E-state index in [0.717, 1.165) is 19.5 Å². The van der Waals surface area contributed by atoms with Crippen molar-refractivity contribution in [2.75, 3.05) is 32.9 Å². The lowest BCUT2D eigenvalue weighted by Gasteiger charge is -2.18. The SMILES string of the molecule is Cc1nc2cc(C(=O)N3C[C@@H](CS(=O)(=O)N(C)C)[C@H](O)C3)ccc2s1. The van der Waals surface area contributed by atoms with Crippen molar-refractivity contribution in [1.29, 1.82) is 0 Å². The lowest BCUT2D eigenvalue weighted by molar-refractivity contribution is 0.0765. The summed E-state index contributed by atoms with van der Waals surface area (Å²) in [6, 6.07) is 5.36. The molecule has 0 bridgehead atoms. The molecule has 1 N–H and O–H groups in total. The Morgan fingerprint density at radius 3 is 2.80 bits per heavy atom. The van der Waals surface area contributed by atoms with Gasteiger partial charge in [0.25, 0.3) is 5.91 Å². The van der Waals surface area contributed by atoms with Crippen molar-refractivity contribution in [3.05, 3.63) is 28.8 Å². The van der Waals surface area contributed by atoms with Gasteiger partial charge in [0.15, 0.2) is 0 Å². The molecule has 1 aromatic heterocycles. The van der Waals surface area contributed by atoms with E-state index >= 15 is 0 Å². The number of fused-ring (bicyclic) bond motifs is 1. The van der Waals surface area contributed by atoms with Crippen LogP contribution < -0.4 is 0 Å². The minimum absolute atomic E-state index is 0.139. The van der Waals surface area contributed by atoms with Crippen LogP contribution in [0.1, 0.15) is 15.4 Å². The third kappa shape index (κ3) is 3.69. The van der Waals surface area contributed by atoms with Crippen molar-refractivity contribution in [2.24, 2.45) is 5.92 Å². The summed E-state index contributed by atoms with van der Waals surface area (Å²) in [6.07, 6.45) is -0.844. The summed E-state index contributed by atoms with van der Waals surface area (Å²) in [5.41, 5.74) is 1.28. The Balaban J connectivity index is 1.76. The van der Waals surface area contributed by atoms with E-state index in [9.17, 15) is 18.3 Å². The number of thiazole rings is 1. The summed E-state index contributed by atoms with van der Waals surface area (Å²) in [4.78, 5) is 18.6. The van der Waals surface area contributed by atoms with Gasteiger partial charge in [-0.25, -0.2) is 17.7 Å². The number of likely N-dealkylation sites (tertiary alicyclic amines) is 1. The molecular formula is C16H21N3O4S2. The maximum atomic E-state index is 12.7. The van der Waals surface area contributed by atoms with Gasteiger partial charge in [0.05, 0.1) is 27.1 Å². The van der Waals surface area contributed by atoms with Gasteiger partial charge >= 0.3 is 0 Å². The molecule has 25 heavy (non-hydrogen) atoms. The van der Waals surface area contributed by atoms with Crippen molar-refractivity contribution < 1.29 is 18.3 Å². The van der Waals surface area contributed by atoms with E-state index in [1.54, 1.807) is 23.5 Å². The minimum atomic E-state index is -3.43. The van der Waals surface area contributed by atoms with Gasteiger partial charge in [-0.2, -0.15) is 0 Å². The highest BCUT2D eigenvalue weighted by molar-refractivity contribution is 7.89. The Labute approximate surface area is 150 Å². The third-order valence-corrected chi connectivity index (χ3v) is 7.33. The molecule has 0 spiro atoms. The second-order valence-corrected chi connectivity index (χ2v) is 9.98. The fraction of sp³-hybridized carbons (Fsp3) is 0.500. The number of aliphatic hydroxyl groups is 1. The first-order valence-electron chi connectivity index (χ1n) is 7.92. The zero-order chi connectivity index (χ0) is 18.4. The number of amides is 1. The smallest absolute Gasteiger partial charge is 0.254 e. The second-order valence-electron chi connectivity index (χ2n) is 6.51. The van der Waals surface area contributed by atoms with Crippen LogP contribution in [0.2, 0.25) is 0 Å². The zero-order valence-electron chi connectivity index (χ0n) is 14.3. The molecule has 1 aliphatic heterocycles. The first-order valence-corrected chi connectivity index (χ1v) is 10.3. The summed E-state index contributed by atoms with van der Waals surface area (Å²) in [6.45, 7) is 2.28. The number of carbonyl (C=O) groups excluding carboxylic acids is 1. The van der Waals surface area contributed by atoms with Crippen LogP contribution in [0.25, 0.3) is 10.2 Å². The van der Waals surface area contributed by atoms with Crippen molar-refractivity contribution in [3.63, 3.8) is 0 Å². The number of β-amino-alcohol motifs (C(OH)–C–C–N with tert-alkyl or cyclic N) is 1. The van der Waals surface area contributed by atoms with Crippen LogP contribution in [0.5, 0.6) is 0 Å². The van der Waals surface area contributed by atoms with Crippen LogP contribution in [-0.2, 0) is 10.0 Å². The van der Waals surface area contributed by atoms with Crippen molar-refractivity contribution in [1.82, 2.24) is 14.2 Å². The molecule has 136 valence electrons. The van der Waals surface area contributed by atoms with Gasteiger partial charge < -0.3 is 10.0 Å². The highest BCUT2D eigenvalue weighted by Gasteiger charge is 2.37. The highest BCUT2D eigenvalue weighted by atomic mass is 32.2. The summed E-state index contributed by atoms with van der Waals surface area (Å²) in [5.74, 6) is -0.868. The number of nitrogens with zero attached hydrogens (tertiary/aromatic N) is 3. The highest BCUT2D eigenvalue weighted by Crippen LogP contribution is 2.25. The first-order chi connectivity index (χ1) is 11.7. The van der Waals surface area contributed by atoms with Crippen molar-refractivity contribution in [2.45, 2.75) is 13.0 Å². The number of sulfonamides is 1. The summed E-state index contributed by atoms with van der Waals surface area (Å²) < 4.78 is 26.2. The molecule has 2 aromatic rings. The molecule has 9 heteroatoms. The predicted octanol–water partition coefficient (Wildman–Crippen LogP) is 0.929. The summed E-state index contributed by atoms with van der Waals surface area (Å²) >= 11 is 1.57. The minimum Gasteiger partial charge on any atom is -0.391 e. The van der Waals surface area contributed by atoms with Gasteiger partial charge in [-0.05, 0) is 25.1 Å². The molecule has 7 nitrogen and oxygen atoms in total. The van der Waals surface area contributed by atoms with E-state index in [-0.39, 0.29) is 24.7 Å². The number of aromatic nitrogens is 1. The Kier molecular flexibility index (Phi) is 4.84. The summed E-state index contributed by atoms with van der Waals surface area (Å²) in [5, 5.41) is 11.1. The molecule has 0 aliphatic carbocycles. The van der Waals surface area contributed by atoms with Crippen molar-refractivity contribution in [3.8, 4) is 0 Å². The van der Waals surface area contributed by atoms with Crippen LogP contribution in [0, 0.1) is 12.8 Å². The first kappa shape index (κ1) is 18.2. The lowest BCUT2D eigenvalue weighted by atomic mass is 10.1. The van der Waals surface area contributed by atoms with Crippen LogP contribution in [0.3, 0.4) is 0 Å². The molecular weight excluding hydrogens is 362 g/mol. The predicted molar refractivity (Wildman–Crippen MR) is 97.2 cm³/mol. The van der Waals surface area contributed by atoms with Gasteiger partial charge in [0.1, 0.15) is 0 Å². The number of carbonyl (C=O) groups is 1. The molecule has 1 aliphatic rings. The van der Waals surface area contributed by atoms with Gasteiger partial charge in [0.2, 0.25) is 10.0 Å². The topological polar surface area (TPSA) is 90.8 Å². The number of hydrogen-bond donors (Lipinski definition) is 1. The van der Waals surface area contributed by atoms with Gasteiger partial charge in [-0.1, -0.05) is 0 Å². The van der Waals surface area contributed by atoms with Gasteiger partial charge in [-0.3, -0.25) is 4.79 Å². The number of aliphatic hydroxyl groups excluding tert-OH is 1. The van der Waals surface area contributed by atoms with Gasteiger partial charge in [-0.15, -0.1) is 11.3 Å². The monoisotopic (exact) mass is 383 g/mol. The second kappa shape index (κ2) is 6.64. The molecule has 0 radical (unpaired) electrons. The third-order valence-electron chi connectivity index (χ3n) is 4.42. The normalized spacial score (nSPS) is 21.4. The molecule has 0 unspecified atom stereocenters. The number of benzene rings is 1. The Bertz CT molecular complexity index is 907. The molecule has 1 saturated heterocycles. The Morgan fingerprint density at radius 1 is 1.40 bits per heavy atom. The van der Waals surface area contributed by atoms with Crippen molar-refractivity contribution >= 4 is 37.5 Å². The van der Waals surface area contributed by atoms with Crippen LogP contribution in [0.4, 0.5) is 0 Å². The average molecular weight is 383 g/mol. The van der Waals surface area contributed by atoms with Gasteiger partial charge in [0, 0.05) is 38.7 Å². The lowest BCUT2D eigenvalue weighted by Crippen LogP contribution is -2.33. The van der Waals surface area contributed by atoms with E-state index < -0.39 is 22.0 Å². The molecule has 2 heterocycles. The van der Waals surface area contributed by atoms with E-state index in [4.69, 9.17) is 0 Å². The molecule has 1 fully saturated rings. The average Bonchev–Trinajstić information content (AvgIpc) is 3.07. The molecule has 1 amide bonds. The standard InChI is InChI=1S/C16H21N3O4S2/c1-10-17-13-6-11(4-5-15(13)24-10)16(21)19-7-12(14(20)8-19)9-25(22,23)18(2)3/h4-6,12,14,20H,7-9H2,1-3H3/t12-,14+/m0/s1. The quantitative estimate of drug-likeness (QED) is 0.848. The summed E-state index contributed by atoms with van der Waals surface area (Å²) in [7, 11) is -0.502. The van der Waals surface area contributed by atoms with E-state index in [2.05, 4.69) is 4.98 Å². The molecule has 3 rings (SSSR count). The molecule has 0 saturated carbocycles. The maximum Gasteiger partial charge on any atom is 0.254 e. The Morgan fingerprint density at radius 2 is 2.12 bits per heavy atom. The maximum absolute atomic E-state index is 12.7. The van der Waals surface area contributed by atoms with E-state index in [1.165, 1.54) is 19.0 Å². The molecule has 2 atom stereocenters. The van der Waals surface area contributed by atoms with Crippen LogP contribution in [-0.4, -0.2) is 72.7 Å². The number of hydrogen-bond acceptors (Lipinski definition) is 6. The van der Waals surface area contributed by atoms with E-state index in [1.807, 2.05) is 13.0 Å². The van der Waals surface area contributed by atoms with Crippen LogP contribution in [0.15, 0.2) is 18.2 Å². The number of aryl methyl sites for hydroxylation is 1. The van der Waals surface area contributed by atoms with E-state index in [0.29, 0.717) is 5.56 Å². The molecule has 1 aromatic carbocycles. The Hall–Kier alpha value is -1.55. The number of rotatable bonds is 4. The fourth-order valence-electron chi connectivity index (χ4n) is 2.96. The fourth-order valence-corrected chi connectivity index (χ4v) is 4.94. The van der Waals surface area contributed by atoms with Crippen LogP contribution >= 0.6 is 11.3 Å². The largest absolute Gasteiger partial charge is 0.391 e. The zero-order valence-corrected chi connectivity index (χ0v) is 16.0.